The topological polar surface area (TPSA) is 64.6 Å². The maximum atomic E-state index is 12.1. The third-order valence-corrected chi connectivity index (χ3v) is 5.45. The summed E-state index contributed by atoms with van der Waals surface area (Å²) >= 11 is 1.46. The first kappa shape index (κ1) is 16.8. The second kappa shape index (κ2) is 6.28. The lowest BCUT2D eigenvalue weighted by molar-refractivity contribution is 0.0600. The lowest BCUT2D eigenvalue weighted by Crippen LogP contribution is -2.26. The molecule has 0 aliphatic heterocycles. The van der Waals surface area contributed by atoms with E-state index in [1.165, 1.54) is 25.6 Å². The molecule has 1 aromatic rings. The quantitative estimate of drug-likeness (QED) is 0.839. The molecule has 0 aromatic carbocycles. The molecule has 0 fully saturated rings. The van der Waals surface area contributed by atoms with Crippen molar-refractivity contribution in [3.63, 3.8) is 0 Å². The molecule has 0 spiro atoms. The summed E-state index contributed by atoms with van der Waals surface area (Å²) < 4.78 is 9.52. The van der Waals surface area contributed by atoms with E-state index in [1.807, 2.05) is 0 Å². The summed E-state index contributed by atoms with van der Waals surface area (Å²) in [6.07, 6.45) is 2.22. The van der Waals surface area contributed by atoms with E-state index in [-0.39, 0.29) is 5.41 Å². The number of methoxy groups -OCH3 is 2. The van der Waals surface area contributed by atoms with Gasteiger partial charge in [-0.15, -0.1) is 11.3 Å². The van der Waals surface area contributed by atoms with Gasteiger partial charge in [-0.3, -0.25) is 5.32 Å². The molecule has 1 heterocycles. The van der Waals surface area contributed by atoms with Crippen LogP contribution in [0, 0.1) is 11.3 Å². The Kier molecular flexibility index (Phi) is 4.80. The van der Waals surface area contributed by atoms with Gasteiger partial charge < -0.3 is 9.47 Å². The molecule has 1 amide bonds. The van der Waals surface area contributed by atoms with Gasteiger partial charge in [0, 0.05) is 4.88 Å². The molecule has 122 valence electrons. The Morgan fingerprint density at radius 2 is 1.91 bits per heavy atom. The van der Waals surface area contributed by atoms with Crippen LogP contribution in [0.25, 0.3) is 0 Å². The van der Waals surface area contributed by atoms with E-state index in [2.05, 4.69) is 30.8 Å². The number of nitrogens with one attached hydrogen (secondary N) is 1. The van der Waals surface area contributed by atoms with Crippen LogP contribution in [-0.4, -0.2) is 26.3 Å². The van der Waals surface area contributed by atoms with Crippen molar-refractivity contribution in [2.24, 2.45) is 11.3 Å². The fourth-order valence-electron chi connectivity index (χ4n) is 2.87. The van der Waals surface area contributed by atoms with Crippen LogP contribution in [-0.2, 0) is 22.3 Å². The molecule has 0 radical (unpaired) electrons. The minimum absolute atomic E-state index is 0.225. The Bertz CT molecular complexity index is 586. The number of fused-ring (bicyclic) bond motifs is 1. The molecule has 6 heteroatoms. The third-order valence-electron chi connectivity index (χ3n) is 4.28. The van der Waals surface area contributed by atoms with Crippen molar-refractivity contribution in [2.45, 2.75) is 40.0 Å². The van der Waals surface area contributed by atoms with E-state index in [0.717, 1.165) is 29.7 Å². The highest BCUT2D eigenvalue weighted by Crippen LogP contribution is 2.44. The molecule has 1 atom stereocenters. The highest BCUT2D eigenvalue weighted by Gasteiger charge is 2.34. The molecule has 0 saturated carbocycles. The first-order valence-corrected chi connectivity index (χ1v) is 8.17. The first-order valence-electron chi connectivity index (χ1n) is 7.35. The molecule has 22 heavy (non-hydrogen) atoms. The normalized spacial score (nSPS) is 17.6. The molecule has 1 aliphatic rings. The Morgan fingerprint density at radius 1 is 1.23 bits per heavy atom. The molecule has 1 N–H and O–H groups in total. The van der Waals surface area contributed by atoms with E-state index < -0.39 is 12.1 Å². The second-order valence-electron chi connectivity index (χ2n) is 6.62. The Balaban J connectivity index is 2.39. The number of ether oxygens (including phenoxy) is 2. The van der Waals surface area contributed by atoms with Gasteiger partial charge in [0.15, 0.2) is 0 Å². The van der Waals surface area contributed by atoms with Crippen molar-refractivity contribution < 1.29 is 19.1 Å². The maximum Gasteiger partial charge on any atom is 0.411 e. The predicted octanol–water partition coefficient (Wildman–Crippen LogP) is 3.86. The fourth-order valence-corrected chi connectivity index (χ4v) is 4.18. The minimum Gasteiger partial charge on any atom is -0.465 e. The molecule has 2 rings (SSSR count). The summed E-state index contributed by atoms with van der Waals surface area (Å²) in [5.41, 5.74) is 1.73. The van der Waals surface area contributed by atoms with Gasteiger partial charge in [0.2, 0.25) is 0 Å². The standard InChI is InChI=1S/C16H23NO4S/c1-16(2,3)9-6-7-10-11(8-9)22-13(17-15(19)21-5)12(10)14(18)20-4/h9H,6-8H2,1-5H3,(H,17,19)/t9-/m1/s1. The number of esters is 1. The summed E-state index contributed by atoms with van der Waals surface area (Å²) in [4.78, 5) is 24.8. The summed E-state index contributed by atoms with van der Waals surface area (Å²) in [7, 11) is 2.66. The fraction of sp³-hybridized carbons (Fsp3) is 0.625. The van der Waals surface area contributed by atoms with Crippen molar-refractivity contribution in [3.8, 4) is 0 Å². The molecule has 0 bridgehead atoms. The van der Waals surface area contributed by atoms with Gasteiger partial charge in [-0.2, -0.15) is 0 Å². The lowest BCUT2D eigenvalue weighted by atomic mass is 9.72. The average Bonchev–Trinajstić information content (AvgIpc) is 2.82. The zero-order valence-corrected chi connectivity index (χ0v) is 14.6. The van der Waals surface area contributed by atoms with Crippen LogP contribution in [0.15, 0.2) is 0 Å². The SMILES string of the molecule is COC(=O)Nc1sc2c(c1C(=O)OC)CC[C@@H](C(C)(C)C)C2. The van der Waals surface area contributed by atoms with E-state index >= 15 is 0 Å². The zero-order chi connectivity index (χ0) is 16.5. The van der Waals surface area contributed by atoms with E-state index in [1.54, 1.807) is 0 Å². The Morgan fingerprint density at radius 3 is 2.45 bits per heavy atom. The number of carbonyl (C=O) groups is 2. The Labute approximate surface area is 135 Å². The van der Waals surface area contributed by atoms with Crippen LogP contribution in [0.5, 0.6) is 0 Å². The second-order valence-corrected chi connectivity index (χ2v) is 7.73. The van der Waals surface area contributed by atoms with Gasteiger partial charge in [0.05, 0.1) is 19.8 Å². The minimum atomic E-state index is -0.573. The molecule has 1 aromatic heterocycles. The number of anilines is 1. The van der Waals surface area contributed by atoms with Gasteiger partial charge >= 0.3 is 12.1 Å². The number of amides is 1. The number of hydrogen-bond donors (Lipinski definition) is 1. The van der Waals surface area contributed by atoms with Gasteiger partial charge in [-0.1, -0.05) is 20.8 Å². The molecule has 5 nitrogen and oxygen atoms in total. The lowest BCUT2D eigenvalue weighted by Gasteiger charge is -2.33. The number of rotatable bonds is 2. The number of thiophene rings is 1. The Hall–Kier alpha value is -1.56. The summed E-state index contributed by atoms with van der Waals surface area (Å²) in [6, 6.07) is 0. The number of carbonyl (C=O) groups excluding carboxylic acids is 2. The molecule has 0 unspecified atom stereocenters. The summed E-state index contributed by atoms with van der Waals surface area (Å²) in [6.45, 7) is 6.72. The summed E-state index contributed by atoms with van der Waals surface area (Å²) in [5.74, 6) is 0.160. The van der Waals surface area contributed by atoms with Gasteiger partial charge in [0.1, 0.15) is 5.00 Å². The third kappa shape index (κ3) is 3.27. The van der Waals surface area contributed by atoms with E-state index in [4.69, 9.17) is 4.74 Å². The largest absolute Gasteiger partial charge is 0.465 e. The molecule has 0 saturated heterocycles. The monoisotopic (exact) mass is 325 g/mol. The van der Waals surface area contributed by atoms with Crippen LogP contribution in [0.3, 0.4) is 0 Å². The highest BCUT2D eigenvalue weighted by atomic mass is 32.1. The zero-order valence-electron chi connectivity index (χ0n) is 13.7. The first-order chi connectivity index (χ1) is 10.3. The van der Waals surface area contributed by atoms with Crippen molar-refractivity contribution in [2.75, 3.05) is 19.5 Å². The van der Waals surface area contributed by atoms with Gasteiger partial charge in [-0.25, -0.2) is 9.59 Å². The van der Waals surface area contributed by atoms with Gasteiger partial charge in [-0.05, 0) is 36.2 Å². The molecule has 1 aliphatic carbocycles. The van der Waals surface area contributed by atoms with E-state index in [0.29, 0.717) is 16.5 Å². The van der Waals surface area contributed by atoms with Gasteiger partial charge in [0.25, 0.3) is 0 Å². The van der Waals surface area contributed by atoms with Crippen LogP contribution in [0.2, 0.25) is 0 Å². The van der Waals surface area contributed by atoms with Crippen LogP contribution in [0.1, 0.15) is 48.0 Å². The van der Waals surface area contributed by atoms with Crippen LogP contribution >= 0.6 is 11.3 Å². The van der Waals surface area contributed by atoms with Crippen molar-refractivity contribution in [1.82, 2.24) is 0 Å². The maximum absolute atomic E-state index is 12.1. The van der Waals surface area contributed by atoms with Crippen LogP contribution < -0.4 is 5.32 Å². The summed E-state index contributed by atoms with van der Waals surface area (Å²) in [5, 5.41) is 3.17. The predicted molar refractivity (Wildman–Crippen MR) is 86.7 cm³/mol. The molecular formula is C16H23NO4S. The number of hydrogen-bond acceptors (Lipinski definition) is 5. The van der Waals surface area contributed by atoms with Crippen LogP contribution in [0.4, 0.5) is 9.80 Å². The highest BCUT2D eigenvalue weighted by molar-refractivity contribution is 7.17. The smallest absolute Gasteiger partial charge is 0.411 e. The van der Waals surface area contributed by atoms with Crippen molar-refractivity contribution in [1.29, 1.82) is 0 Å². The van der Waals surface area contributed by atoms with Crippen molar-refractivity contribution in [3.05, 3.63) is 16.0 Å². The molecular weight excluding hydrogens is 302 g/mol. The van der Waals surface area contributed by atoms with Crippen molar-refractivity contribution >= 4 is 28.4 Å². The average molecular weight is 325 g/mol. The van der Waals surface area contributed by atoms with E-state index in [9.17, 15) is 9.59 Å².